The summed E-state index contributed by atoms with van der Waals surface area (Å²) in [5.41, 5.74) is 3.31. The Labute approximate surface area is 268 Å². The smallest absolute Gasteiger partial charge is 0.242 e. The van der Waals surface area contributed by atoms with Crippen LogP contribution in [0.15, 0.2) is 36.4 Å². The number of morpholine rings is 1. The summed E-state index contributed by atoms with van der Waals surface area (Å²) in [7, 11) is 3.62. The Morgan fingerprint density at radius 1 is 0.907 bits per heavy atom. The number of hydrogen-bond donors (Lipinski definition) is 0. The van der Waals surface area contributed by atoms with E-state index in [9.17, 15) is 9.59 Å². The molecule has 0 saturated carbocycles. The second-order valence-corrected chi connectivity index (χ2v) is 13.5. The van der Waals surface area contributed by atoms with E-state index in [1.54, 1.807) is 4.90 Å². The number of nitrogens with zero attached hydrogens (tertiary/aromatic N) is 4. The van der Waals surface area contributed by atoms with Crippen molar-refractivity contribution in [1.82, 2.24) is 19.6 Å². The van der Waals surface area contributed by atoms with Gasteiger partial charge in [-0.2, -0.15) is 0 Å². The van der Waals surface area contributed by atoms with Crippen LogP contribution < -0.4 is 0 Å². The van der Waals surface area contributed by atoms with Gasteiger partial charge in [0.25, 0.3) is 0 Å². The number of carbonyl (C=O) groups excluding carboxylic acids is 2. The zero-order valence-electron chi connectivity index (χ0n) is 26.7. The van der Waals surface area contributed by atoms with Crippen LogP contribution in [0, 0.1) is 0 Å². The third-order valence-electron chi connectivity index (χ3n) is 9.19. The monoisotopic (exact) mass is 630 g/mol. The first-order valence-corrected chi connectivity index (χ1v) is 16.3. The van der Waals surface area contributed by atoms with Gasteiger partial charge < -0.3 is 19.4 Å². The molecular formula is C34H48Cl2N4O3. The Morgan fingerprint density at radius 2 is 1.53 bits per heavy atom. The predicted octanol–water partition coefficient (Wildman–Crippen LogP) is 5.29. The molecule has 2 fully saturated rings. The average molecular weight is 632 g/mol. The first-order chi connectivity index (χ1) is 20.4. The second kappa shape index (κ2) is 14.3. The Bertz CT molecular complexity index is 1270. The van der Waals surface area contributed by atoms with Crippen LogP contribution in [-0.4, -0.2) is 103 Å². The van der Waals surface area contributed by atoms with Crippen molar-refractivity contribution in [3.05, 3.63) is 68.7 Å². The van der Waals surface area contributed by atoms with Gasteiger partial charge in [-0.1, -0.05) is 61.3 Å². The number of likely N-dealkylation sites (N-methyl/N-ethyl adjacent to an activating group) is 1. The molecule has 4 rings (SSSR count). The molecule has 0 bridgehead atoms. The lowest BCUT2D eigenvalue weighted by atomic mass is 9.87. The summed E-state index contributed by atoms with van der Waals surface area (Å²) in [4.78, 5) is 34.9. The van der Waals surface area contributed by atoms with E-state index >= 15 is 0 Å². The van der Waals surface area contributed by atoms with Crippen LogP contribution in [0.2, 0.25) is 10.0 Å². The first kappa shape index (κ1) is 33.7. The van der Waals surface area contributed by atoms with Gasteiger partial charge in [0.15, 0.2) is 0 Å². The molecule has 43 heavy (non-hydrogen) atoms. The van der Waals surface area contributed by atoms with E-state index in [1.807, 2.05) is 51.0 Å². The maximum Gasteiger partial charge on any atom is 0.242 e. The fourth-order valence-corrected chi connectivity index (χ4v) is 6.73. The van der Waals surface area contributed by atoms with Gasteiger partial charge in [0, 0.05) is 53.4 Å². The molecule has 0 aromatic heterocycles. The largest absolute Gasteiger partial charge is 0.367 e. The summed E-state index contributed by atoms with van der Waals surface area (Å²) in [5, 5.41) is 0.980. The zero-order chi connectivity index (χ0) is 31.4. The highest BCUT2D eigenvalue weighted by molar-refractivity contribution is 6.42. The standard InChI is InChI=1S/C34H48Cl2N4O3/c1-7-25-19-26(8-2)21-27(20-25)22-31(41)39-17-18-43-34(24-39,28-9-10-29(35)30(36)23-28)11-12-38-13-15-40(16-14-38)33(3,4)32(42)37(5)6/h9-10,19-21,23H,7-8,11-18,22,24H2,1-6H3. The number of ether oxygens (including phenoxy) is 1. The van der Waals surface area contributed by atoms with Gasteiger partial charge in [-0.3, -0.25) is 14.5 Å². The average Bonchev–Trinajstić information content (AvgIpc) is 3.00. The first-order valence-electron chi connectivity index (χ1n) is 15.6. The van der Waals surface area contributed by atoms with Crippen molar-refractivity contribution in [2.24, 2.45) is 0 Å². The van der Waals surface area contributed by atoms with E-state index in [1.165, 1.54) is 11.1 Å². The molecule has 2 heterocycles. The van der Waals surface area contributed by atoms with E-state index in [-0.39, 0.29) is 11.8 Å². The third kappa shape index (κ3) is 7.93. The minimum atomic E-state index is -0.695. The number of piperazine rings is 1. The van der Waals surface area contributed by atoms with E-state index in [0.717, 1.165) is 56.7 Å². The number of aryl methyl sites for hydroxylation is 2. The molecule has 2 saturated heterocycles. The fourth-order valence-electron chi connectivity index (χ4n) is 6.43. The van der Waals surface area contributed by atoms with Crippen LogP contribution in [0.3, 0.4) is 0 Å². The molecule has 7 nitrogen and oxygen atoms in total. The molecule has 9 heteroatoms. The van der Waals surface area contributed by atoms with Gasteiger partial charge in [0.1, 0.15) is 5.60 Å². The molecular weight excluding hydrogens is 583 g/mol. The van der Waals surface area contributed by atoms with E-state index in [0.29, 0.717) is 42.6 Å². The summed E-state index contributed by atoms with van der Waals surface area (Å²) in [5.74, 6) is 0.233. The molecule has 0 radical (unpaired) electrons. The second-order valence-electron chi connectivity index (χ2n) is 12.7. The lowest BCUT2D eigenvalue weighted by Crippen LogP contribution is -2.60. The lowest BCUT2D eigenvalue weighted by Gasteiger charge is -2.46. The minimum Gasteiger partial charge on any atom is -0.367 e. The maximum atomic E-state index is 13.7. The zero-order valence-corrected chi connectivity index (χ0v) is 28.2. The number of amides is 2. The van der Waals surface area contributed by atoms with Gasteiger partial charge >= 0.3 is 0 Å². The van der Waals surface area contributed by atoms with Gasteiger partial charge in [-0.15, -0.1) is 0 Å². The van der Waals surface area contributed by atoms with Crippen molar-refractivity contribution in [3.8, 4) is 0 Å². The topological polar surface area (TPSA) is 56.3 Å². The maximum absolute atomic E-state index is 13.7. The Hall–Kier alpha value is -2.16. The number of halogens is 2. The quantitative estimate of drug-likeness (QED) is 0.357. The molecule has 2 aromatic carbocycles. The summed E-state index contributed by atoms with van der Waals surface area (Å²) < 4.78 is 6.59. The minimum absolute atomic E-state index is 0.115. The molecule has 236 valence electrons. The van der Waals surface area contributed by atoms with E-state index < -0.39 is 11.1 Å². The molecule has 0 N–H and O–H groups in total. The summed E-state index contributed by atoms with van der Waals surface area (Å²) in [6.07, 6.45) is 2.98. The lowest BCUT2D eigenvalue weighted by molar-refractivity contribution is -0.155. The summed E-state index contributed by atoms with van der Waals surface area (Å²) in [6, 6.07) is 12.2. The molecule has 1 unspecified atom stereocenters. The Balaban J connectivity index is 1.49. The van der Waals surface area contributed by atoms with Crippen LogP contribution in [0.4, 0.5) is 0 Å². The van der Waals surface area contributed by atoms with Crippen molar-refractivity contribution in [1.29, 1.82) is 0 Å². The van der Waals surface area contributed by atoms with E-state index in [4.69, 9.17) is 27.9 Å². The van der Waals surface area contributed by atoms with Gasteiger partial charge in [-0.05, 0) is 67.5 Å². The van der Waals surface area contributed by atoms with Gasteiger partial charge in [-0.25, -0.2) is 0 Å². The van der Waals surface area contributed by atoms with Gasteiger partial charge in [0.05, 0.1) is 35.2 Å². The predicted molar refractivity (Wildman–Crippen MR) is 175 cm³/mol. The Morgan fingerprint density at radius 3 is 2.12 bits per heavy atom. The number of hydrogen-bond acceptors (Lipinski definition) is 5. The molecule has 2 aliphatic rings. The van der Waals surface area contributed by atoms with Crippen molar-refractivity contribution in [2.45, 2.75) is 64.5 Å². The van der Waals surface area contributed by atoms with Crippen LogP contribution in [0.5, 0.6) is 0 Å². The number of benzene rings is 2. The normalized spacial score (nSPS) is 20.3. The van der Waals surface area contributed by atoms with Crippen LogP contribution in [-0.2, 0) is 39.2 Å². The molecule has 0 aliphatic carbocycles. The van der Waals surface area contributed by atoms with Crippen molar-refractivity contribution >= 4 is 35.0 Å². The van der Waals surface area contributed by atoms with Crippen molar-refractivity contribution < 1.29 is 14.3 Å². The van der Waals surface area contributed by atoms with Crippen molar-refractivity contribution in [3.63, 3.8) is 0 Å². The molecule has 2 aliphatic heterocycles. The van der Waals surface area contributed by atoms with E-state index in [2.05, 4.69) is 41.8 Å². The van der Waals surface area contributed by atoms with Crippen molar-refractivity contribution in [2.75, 3.05) is 66.5 Å². The SMILES string of the molecule is CCc1cc(CC)cc(CC(=O)N2CCOC(CCN3CCN(C(C)(C)C(=O)N(C)C)CC3)(c3ccc(Cl)c(Cl)c3)C2)c1. The third-order valence-corrected chi connectivity index (χ3v) is 9.93. The highest BCUT2D eigenvalue weighted by atomic mass is 35.5. The molecule has 2 amide bonds. The fraction of sp³-hybridized carbons (Fsp3) is 0.588. The highest BCUT2D eigenvalue weighted by Crippen LogP contribution is 2.37. The number of rotatable bonds is 10. The summed E-state index contributed by atoms with van der Waals surface area (Å²) >= 11 is 12.8. The van der Waals surface area contributed by atoms with Crippen LogP contribution in [0.25, 0.3) is 0 Å². The van der Waals surface area contributed by atoms with Gasteiger partial charge in [0.2, 0.25) is 11.8 Å². The molecule has 0 spiro atoms. The van der Waals surface area contributed by atoms with Crippen LogP contribution in [0.1, 0.15) is 56.4 Å². The summed E-state index contributed by atoms with van der Waals surface area (Å²) in [6.45, 7) is 13.9. The number of carbonyl (C=O) groups is 2. The molecule has 2 aromatic rings. The molecule has 1 atom stereocenters. The Kier molecular flexibility index (Phi) is 11.2. The van der Waals surface area contributed by atoms with Crippen LogP contribution >= 0.6 is 23.2 Å². The highest BCUT2D eigenvalue weighted by Gasteiger charge is 2.42.